The lowest BCUT2D eigenvalue weighted by Gasteiger charge is -2.16. The SMILES string of the molecule is C[Si](C)(C)CCOCn1ncc2nc(C(N)Cc3cc(F)cc(F)c3)c(Br)cc21. The third kappa shape index (κ3) is 5.91. The smallest absolute Gasteiger partial charge is 0.140 e. The lowest BCUT2D eigenvalue weighted by Crippen LogP contribution is -2.22. The molecule has 0 aliphatic rings. The second-order valence-corrected chi connectivity index (χ2v) is 14.8. The zero-order chi connectivity index (χ0) is 21.2. The van der Waals surface area contributed by atoms with Crippen LogP contribution in [0.1, 0.15) is 17.3 Å². The normalized spacial score (nSPS) is 13.2. The summed E-state index contributed by atoms with van der Waals surface area (Å²) in [6.45, 7) is 7.99. The molecule has 9 heteroatoms. The third-order valence-electron chi connectivity index (χ3n) is 4.55. The number of benzene rings is 1. The standard InChI is InChI=1S/C20H25BrF2N4OSi/c1-29(2,3)5-4-28-12-27-19-10-16(21)20(26-18(19)11-25-27)17(24)8-13-6-14(22)9-15(23)7-13/h6-7,9-11,17H,4-5,8,12,24H2,1-3H3. The van der Waals surface area contributed by atoms with E-state index in [9.17, 15) is 8.78 Å². The molecule has 5 nitrogen and oxygen atoms in total. The Labute approximate surface area is 178 Å². The van der Waals surface area contributed by atoms with Crippen molar-refractivity contribution in [2.24, 2.45) is 5.73 Å². The third-order valence-corrected chi connectivity index (χ3v) is 6.89. The number of ether oxygens (including phenoxy) is 1. The van der Waals surface area contributed by atoms with Gasteiger partial charge in [-0.3, -0.25) is 0 Å². The monoisotopic (exact) mass is 482 g/mol. The molecule has 1 atom stereocenters. The van der Waals surface area contributed by atoms with Gasteiger partial charge in [-0.15, -0.1) is 0 Å². The topological polar surface area (TPSA) is 66.0 Å². The molecule has 1 unspecified atom stereocenters. The summed E-state index contributed by atoms with van der Waals surface area (Å²) in [7, 11) is -1.14. The van der Waals surface area contributed by atoms with E-state index in [-0.39, 0.29) is 6.42 Å². The zero-order valence-electron chi connectivity index (χ0n) is 16.8. The summed E-state index contributed by atoms with van der Waals surface area (Å²) in [4.78, 5) is 4.61. The molecule has 2 N–H and O–H groups in total. The number of nitrogens with two attached hydrogens (primary N) is 1. The molecule has 0 saturated carbocycles. The van der Waals surface area contributed by atoms with Crippen LogP contribution in [0, 0.1) is 11.6 Å². The van der Waals surface area contributed by atoms with Gasteiger partial charge in [0.05, 0.1) is 23.4 Å². The summed E-state index contributed by atoms with van der Waals surface area (Å²) in [5.41, 5.74) is 8.90. The molecule has 0 aliphatic carbocycles. The van der Waals surface area contributed by atoms with Gasteiger partial charge in [-0.2, -0.15) is 5.10 Å². The van der Waals surface area contributed by atoms with Gasteiger partial charge in [-0.25, -0.2) is 18.4 Å². The quantitative estimate of drug-likeness (QED) is 0.361. The summed E-state index contributed by atoms with van der Waals surface area (Å²) in [5.74, 6) is -1.24. The highest BCUT2D eigenvalue weighted by molar-refractivity contribution is 9.10. The molecule has 3 aromatic rings. The Hall–Kier alpha value is -1.68. The minimum absolute atomic E-state index is 0.264. The van der Waals surface area contributed by atoms with Crippen LogP contribution in [0.4, 0.5) is 8.78 Å². The highest BCUT2D eigenvalue weighted by Crippen LogP contribution is 2.27. The van der Waals surface area contributed by atoms with E-state index in [0.29, 0.717) is 30.1 Å². The van der Waals surface area contributed by atoms with Crippen molar-refractivity contribution in [3.63, 3.8) is 0 Å². The summed E-state index contributed by atoms with van der Waals surface area (Å²) in [5, 5.41) is 4.36. The Morgan fingerprint density at radius 2 is 1.86 bits per heavy atom. The van der Waals surface area contributed by atoms with Gasteiger partial charge in [0.15, 0.2) is 0 Å². The molecule has 0 amide bonds. The van der Waals surface area contributed by atoms with Gasteiger partial charge in [-0.05, 0) is 52.2 Å². The Kier molecular flexibility index (Phi) is 6.82. The van der Waals surface area contributed by atoms with E-state index >= 15 is 0 Å². The number of fused-ring (bicyclic) bond motifs is 1. The second kappa shape index (κ2) is 8.99. The van der Waals surface area contributed by atoms with Gasteiger partial charge in [0.25, 0.3) is 0 Å². The number of pyridine rings is 1. The Morgan fingerprint density at radius 3 is 2.52 bits per heavy atom. The summed E-state index contributed by atoms with van der Waals surface area (Å²) in [6, 6.07) is 5.88. The van der Waals surface area contributed by atoms with Crippen LogP contribution in [0.2, 0.25) is 25.7 Å². The van der Waals surface area contributed by atoms with Crippen molar-refractivity contribution in [2.45, 2.75) is 44.9 Å². The van der Waals surface area contributed by atoms with Gasteiger partial charge >= 0.3 is 0 Å². The van der Waals surface area contributed by atoms with Gasteiger partial charge in [0, 0.05) is 25.2 Å². The fraction of sp³-hybridized carbons (Fsp3) is 0.400. The first-order valence-corrected chi connectivity index (χ1v) is 13.9. The van der Waals surface area contributed by atoms with Crippen LogP contribution >= 0.6 is 15.9 Å². The molecule has 3 rings (SSSR count). The average molecular weight is 483 g/mol. The highest BCUT2D eigenvalue weighted by Gasteiger charge is 2.17. The maximum Gasteiger partial charge on any atom is 0.140 e. The maximum atomic E-state index is 13.4. The molecule has 2 heterocycles. The van der Waals surface area contributed by atoms with Crippen LogP contribution in [-0.4, -0.2) is 29.4 Å². The molecule has 29 heavy (non-hydrogen) atoms. The molecule has 1 aromatic carbocycles. The zero-order valence-corrected chi connectivity index (χ0v) is 19.3. The molecule has 0 saturated heterocycles. The molecule has 156 valence electrons. The number of aromatic nitrogens is 3. The van der Waals surface area contributed by atoms with Crippen molar-refractivity contribution in [2.75, 3.05) is 6.61 Å². The Balaban J connectivity index is 1.74. The second-order valence-electron chi connectivity index (χ2n) is 8.34. The maximum absolute atomic E-state index is 13.4. The van der Waals surface area contributed by atoms with E-state index in [2.05, 4.69) is 45.7 Å². The molecule has 0 bridgehead atoms. The number of rotatable bonds is 8. The van der Waals surface area contributed by atoms with Crippen molar-refractivity contribution in [1.82, 2.24) is 14.8 Å². The van der Waals surface area contributed by atoms with Crippen LogP contribution in [-0.2, 0) is 17.9 Å². The van der Waals surface area contributed by atoms with E-state index in [1.807, 2.05) is 6.07 Å². The fourth-order valence-electron chi connectivity index (χ4n) is 2.97. The van der Waals surface area contributed by atoms with Crippen molar-refractivity contribution < 1.29 is 13.5 Å². The number of halogens is 3. The Bertz CT molecular complexity index is 986. The van der Waals surface area contributed by atoms with E-state index in [1.165, 1.54) is 12.1 Å². The summed E-state index contributed by atoms with van der Waals surface area (Å²) < 4.78 is 35.1. The summed E-state index contributed by atoms with van der Waals surface area (Å²) in [6.07, 6.45) is 1.93. The van der Waals surface area contributed by atoms with Gasteiger partial charge in [0.2, 0.25) is 0 Å². The molecular formula is C20H25BrF2N4OSi. The average Bonchev–Trinajstić information content (AvgIpc) is 2.98. The minimum Gasteiger partial charge on any atom is -0.360 e. The Morgan fingerprint density at radius 1 is 1.17 bits per heavy atom. The summed E-state index contributed by atoms with van der Waals surface area (Å²) >= 11 is 3.52. The van der Waals surface area contributed by atoms with Crippen molar-refractivity contribution in [3.8, 4) is 0 Å². The van der Waals surface area contributed by atoms with E-state index < -0.39 is 25.8 Å². The van der Waals surface area contributed by atoms with Crippen LogP contribution in [0.5, 0.6) is 0 Å². The number of hydrogen-bond donors (Lipinski definition) is 1. The lowest BCUT2D eigenvalue weighted by molar-refractivity contribution is 0.0817. The first kappa shape index (κ1) is 22.0. The molecule has 2 aromatic heterocycles. The van der Waals surface area contributed by atoms with Crippen molar-refractivity contribution in [1.29, 1.82) is 0 Å². The van der Waals surface area contributed by atoms with Crippen LogP contribution < -0.4 is 5.73 Å². The van der Waals surface area contributed by atoms with Gasteiger partial charge in [0.1, 0.15) is 23.9 Å². The first-order valence-electron chi connectivity index (χ1n) is 9.42. The van der Waals surface area contributed by atoms with Gasteiger partial charge in [-0.1, -0.05) is 19.6 Å². The predicted molar refractivity (Wildman–Crippen MR) is 116 cm³/mol. The highest BCUT2D eigenvalue weighted by atomic mass is 79.9. The fourth-order valence-corrected chi connectivity index (χ4v) is 4.32. The minimum atomic E-state index is -1.14. The number of hydrogen-bond acceptors (Lipinski definition) is 4. The van der Waals surface area contributed by atoms with E-state index in [1.54, 1.807) is 10.9 Å². The molecule has 0 aliphatic heterocycles. The van der Waals surface area contributed by atoms with Gasteiger partial charge < -0.3 is 10.5 Å². The molecule has 0 radical (unpaired) electrons. The largest absolute Gasteiger partial charge is 0.360 e. The van der Waals surface area contributed by atoms with E-state index in [0.717, 1.165) is 22.1 Å². The van der Waals surface area contributed by atoms with Crippen LogP contribution in [0.3, 0.4) is 0 Å². The molecule has 0 spiro atoms. The molecular weight excluding hydrogens is 458 g/mol. The van der Waals surface area contributed by atoms with Crippen molar-refractivity contribution >= 4 is 35.0 Å². The molecule has 0 fully saturated rings. The van der Waals surface area contributed by atoms with E-state index in [4.69, 9.17) is 10.5 Å². The van der Waals surface area contributed by atoms with Crippen LogP contribution in [0.15, 0.2) is 34.9 Å². The first-order chi connectivity index (χ1) is 13.6. The predicted octanol–water partition coefficient (Wildman–Crippen LogP) is 5.03. The van der Waals surface area contributed by atoms with Crippen LogP contribution in [0.25, 0.3) is 11.0 Å². The lowest BCUT2D eigenvalue weighted by atomic mass is 10.0. The number of nitrogens with zero attached hydrogens (tertiary/aromatic N) is 3. The van der Waals surface area contributed by atoms with Crippen molar-refractivity contribution in [3.05, 3.63) is 57.8 Å².